The van der Waals surface area contributed by atoms with E-state index in [1.165, 1.54) is 0 Å². The van der Waals surface area contributed by atoms with Crippen LogP contribution < -0.4 is 5.32 Å². The molecule has 2 aromatic rings. The van der Waals surface area contributed by atoms with Crippen LogP contribution in [0.4, 0.5) is 0 Å². The predicted octanol–water partition coefficient (Wildman–Crippen LogP) is 3.53. The lowest BCUT2D eigenvalue weighted by Gasteiger charge is -2.05. The van der Waals surface area contributed by atoms with E-state index >= 15 is 0 Å². The number of furan rings is 1. The maximum Gasteiger partial charge on any atom is 0.287 e. The van der Waals surface area contributed by atoms with E-state index < -0.39 is 0 Å². The Balaban J connectivity index is 1.98. The van der Waals surface area contributed by atoms with Crippen molar-refractivity contribution in [1.82, 2.24) is 5.32 Å². The molecular formula is C14H14BrNO2. The highest BCUT2D eigenvalue weighted by atomic mass is 79.9. The molecule has 0 aliphatic heterocycles. The van der Waals surface area contributed by atoms with Gasteiger partial charge in [-0.05, 0) is 23.8 Å². The third-order valence-corrected chi connectivity index (χ3v) is 3.40. The van der Waals surface area contributed by atoms with Gasteiger partial charge in [0.25, 0.3) is 5.91 Å². The van der Waals surface area contributed by atoms with Crippen LogP contribution >= 0.6 is 15.9 Å². The van der Waals surface area contributed by atoms with Crippen molar-refractivity contribution in [2.45, 2.75) is 19.9 Å². The molecule has 0 aliphatic rings. The molecule has 0 aliphatic carbocycles. The third kappa shape index (κ3) is 3.01. The first kappa shape index (κ1) is 12.9. The molecule has 2 rings (SSSR count). The summed E-state index contributed by atoms with van der Waals surface area (Å²) in [5.41, 5.74) is 1.04. The maximum atomic E-state index is 11.8. The first-order chi connectivity index (χ1) is 8.70. The molecule has 0 unspecified atom stereocenters. The van der Waals surface area contributed by atoms with Crippen LogP contribution in [0.25, 0.3) is 0 Å². The van der Waals surface area contributed by atoms with Crippen LogP contribution in [0.1, 0.15) is 28.8 Å². The van der Waals surface area contributed by atoms with Crippen LogP contribution in [0.2, 0.25) is 0 Å². The Hall–Kier alpha value is -1.55. The van der Waals surface area contributed by atoms with Gasteiger partial charge in [0.05, 0.1) is 0 Å². The Morgan fingerprint density at radius 3 is 2.72 bits per heavy atom. The summed E-state index contributed by atoms with van der Waals surface area (Å²) in [5.74, 6) is 0.991. The van der Waals surface area contributed by atoms with E-state index in [4.69, 9.17) is 4.42 Å². The summed E-state index contributed by atoms with van der Waals surface area (Å²) in [6.45, 7) is 2.46. The van der Waals surface area contributed by atoms with Gasteiger partial charge >= 0.3 is 0 Å². The number of hydrogen-bond donors (Lipinski definition) is 1. The normalized spacial score (nSPS) is 10.3. The second-order valence-electron chi connectivity index (χ2n) is 3.89. The first-order valence-corrected chi connectivity index (χ1v) is 6.60. The van der Waals surface area contributed by atoms with Gasteiger partial charge in [-0.2, -0.15) is 0 Å². The van der Waals surface area contributed by atoms with E-state index in [2.05, 4.69) is 21.2 Å². The Bertz CT molecular complexity index is 548. The number of benzene rings is 1. The number of carbonyl (C=O) groups is 1. The van der Waals surface area contributed by atoms with Gasteiger partial charge in [0.2, 0.25) is 0 Å². The van der Waals surface area contributed by atoms with Crippen molar-refractivity contribution in [2.24, 2.45) is 0 Å². The fraction of sp³-hybridized carbons (Fsp3) is 0.214. The molecule has 1 aromatic carbocycles. The molecule has 1 N–H and O–H groups in total. The van der Waals surface area contributed by atoms with E-state index in [0.717, 1.165) is 22.2 Å². The molecular weight excluding hydrogens is 294 g/mol. The molecule has 0 fully saturated rings. The zero-order valence-electron chi connectivity index (χ0n) is 10.1. The fourth-order valence-corrected chi connectivity index (χ4v) is 2.02. The Kier molecular flexibility index (Phi) is 4.20. The van der Waals surface area contributed by atoms with Gasteiger partial charge in [0.1, 0.15) is 5.76 Å². The van der Waals surface area contributed by atoms with Gasteiger partial charge in [-0.1, -0.05) is 41.1 Å². The zero-order chi connectivity index (χ0) is 13.0. The number of hydrogen-bond acceptors (Lipinski definition) is 2. The largest absolute Gasteiger partial charge is 0.456 e. The van der Waals surface area contributed by atoms with Crippen molar-refractivity contribution in [3.63, 3.8) is 0 Å². The highest BCUT2D eigenvalue weighted by molar-refractivity contribution is 9.10. The van der Waals surface area contributed by atoms with Gasteiger partial charge < -0.3 is 9.73 Å². The average Bonchev–Trinajstić information content (AvgIpc) is 2.86. The minimum absolute atomic E-state index is 0.189. The molecule has 4 heteroatoms. The summed E-state index contributed by atoms with van der Waals surface area (Å²) in [7, 11) is 0. The van der Waals surface area contributed by atoms with Crippen LogP contribution in [-0.2, 0) is 13.0 Å². The minimum Gasteiger partial charge on any atom is -0.456 e. The molecule has 1 amide bonds. The molecule has 0 saturated heterocycles. The van der Waals surface area contributed by atoms with Gasteiger partial charge in [-0.3, -0.25) is 4.79 Å². The molecule has 1 heterocycles. The van der Waals surface area contributed by atoms with Crippen LogP contribution in [-0.4, -0.2) is 5.91 Å². The summed E-state index contributed by atoms with van der Waals surface area (Å²) in [6.07, 6.45) is 0.789. The Labute approximate surface area is 114 Å². The molecule has 3 nitrogen and oxygen atoms in total. The number of amides is 1. The lowest BCUT2D eigenvalue weighted by Crippen LogP contribution is -2.22. The quantitative estimate of drug-likeness (QED) is 0.939. The summed E-state index contributed by atoms with van der Waals surface area (Å²) < 4.78 is 6.37. The molecule has 0 atom stereocenters. The molecule has 0 radical (unpaired) electrons. The van der Waals surface area contributed by atoms with Gasteiger partial charge in [-0.15, -0.1) is 0 Å². The van der Waals surface area contributed by atoms with E-state index in [9.17, 15) is 4.79 Å². The fourth-order valence-electron chi connectivity index (χ4n) is 1.59. The lowest BCUT2D eigenvalue weighted by atomic mass is 10.2. The highest BCUT2D eigenvalue weighted by Gasteiger charge is 2.10. The van der Waals surface area contributed by atoms with Gasteiger partial charge in [0, 0.05) is 17.4 Å². The SMILES string of the molecule is CCc1ccc(C(=O)NCc2ccccc2Br)o1. The summed E-state index contributed by atoms with van der Waals surface area (Å²) in [6, 6.07) is 11.3. The van der Waals surface area contributed by atoms with Gasteiger partial charge in [0.15, 0.2) is 5.76 Å². The monoisotopic (exact) mass is 307 g/mol. The van der Waals surface area contributed by atoms with E-state index in [-0.39, 0.29) is 5.91 Å². The Morgan fingerprint density at radius 2 is 2.06 bits per heavy atom. The van der Waals surface area contributed by atoms with Crippen molar-refractivity contribution >= 4 is 21.8 Å². The van der Waals surface area contributed by atoms with Crippen molar-refractivity contribution in [3.05, 3.63) is 58.0 Å². The number of rotatable bonds is 4. The topological polar surface area (TPSA) is 42.2 Å². The molecule has 18 heavy (non-hydrogen) atoms. The summed E-state index contributed by atoms with van der Waals surface area (Å²) in [5, 5.41) is 2.83. The van der Waals surface area contributed by atoms with Crippen molar-refractivity contribution in [2.75, 3.05) is 0 Å². The van der Waals surface area contributed by atoms with Crippen molar-refractivity contribution < 1.29 is 9.21 Å². The van der Waals surface area contributed by atoms with Gasteiger partial charge in [-0.25, -0.2) is 0 Å². The van der Waals surface area contributed by atoms with Crippen LogP contribution in [0, 0.1) is 0 Å². The molecule has 0 bridgehead atoms. The van der Waals surface area contributed by atoms with Crippen LogP contribution in [0.5, 0.6) is 0 Å². The predicted molar refractivity (Wildman–Crippen MR) is 73.4 cm³/mol. The number of nitrogens with one attached hydrogen (secondary N) is 1. The van der Waals surface area contributed by atoms with E-state index in [1.54, 1.807) is 6.07 Å². The molecule has 0 spiro atoms. The summed E-state index contributed by atoms with van der Waals surface area (Å²) in [4.78, 5) is 11.8. The summed E-state index contributed by atoms with van der Waals surface area (Å²) >= 11 is 3.44. The van der Waals surface area contributed by atoms with Crippen molar-refractivity contribution in [3.8, 4) is 0 Å². The Morgan fingerprint density at radius 1 is 1.28 bits per heavy atom. The number of halogens is 1. The molecule has 1 aromatic heterocycles. The lowest BCUT2D eigenvalue weighted by molar-refractivity contribution is 0.0921. The standard InChI is InChI=1S/C14H14BrNO2/c1-2-11-7-8-13(18-11)14(17)16-9-10-5-3-4-6-12(10)15/h3-8H,2,9H2,1H3,(H,16,17). The average molecular weight is 308 g/mol. The molecule has 0 saturated carbocycles. The highest BCUT2D eigenvalue weighted by Crippen LogP contribution is 2.15. The van der Waals surface area contributed by atoms with Crippen LogP contribution in [0.15, 0.2) is 45.3 Å². The van der Waals surface area contributed by atoms with E-state index in [1.807, 2.05) is 37.3 Å². The third-order valence-electron chi connectivity index (χ3n) is 2.63. The number of aryl methyl sites for hydroxylation is 1. The van der Waals surface area contributed by atoms with Crippen LogP contribution in [0.3, 0.4) is 0 Å². The minimum atomic E-state index is -0.189. The first-order valence-electron chi connectivity index (χ1n) is 5.81. The second-order valence-corrected chi connectivity index (χ2v) is 4.75. The maximum absolute atomic E-state index is 11.8. The smallest absolute Gasteiger partial charge is 0.287 e. The number of carbonyl (C=O) groups excluding carboxylic acids is 1. The van der Waals surface area contributed by atoms with Crippen molar-refractivity contribution in [1.29, 1.82) is 0 Å². The zero-order valence-corrected chi connectivity index (χ0v) is 11.7. The second kappa shape index (κ2) is 5.87. The molecule has 94 valence electrons. The van der Waals surface area contributed by atoms with E-state index in [0.29, 0.717) is 12.3 Å².